The van der Waals surface area contributed by atoms with Crippen LogP contribution in [-0.2, 0) is 11.3 Å². The fraction of sp³-hybridized carbons (Fsp3) is 0.250. The van der Waals surface area contributed by atoms with Crippen LogP contribution >= 0.6 is 0 Å². The zero-order chi connectivity index (χ0) is 22.1. The molecule has 1 amide bonds. The molecule has 11 nitrogen and oxygen atoms in total. The van der Waals surface area contributed by atoms with Gasteiger partial charge in [0.15, 0.2) is 11.6 Å². The van der Waals surface area contributed by atoms with Gasteiger partial charge in [0.25, 0.3) is 0 Å². The van der Waals surface area contributed by atoms with Crippen LogP contribution in [0.4, 0.5) is 0 Å². The molecule has 0 atom stereocenters. The molecule has 3 N–H and O–H groups in total. The van der Waals surface area contributed by atoms with Crippen molar-refractivity contribution in [2.24, 2.45) is 0 Å². The first-order valence-corrected chi connectivity index (χ1v) is 9.52. The van der Waals surface area contributed by atoms with Crippen LogP contribution < -0.4 is 5.32 Å². The van der Waals surface area contributed by atoms with E-state index in [0.717, 1.165) is 24.3 Å². The number of allylic oxidation sites excluding steroid dienone is 4. The number of unbranched alkanes of at least 4 members (excludes halogenated alkanes) is 1. The van der Waals surface area contributed by atoms with E-state index in [1.54, 1.807) is 0 Å². The smallest absolute Gasteiger partial charge is 0.240 e. The highest BCUT2D eigenvalue weighted by molar-refractivity contribution is 6.22. The number of carbonyl (C=O) groups is 5. The Morgan fingerprint density at radius 3 is 2.32 bits per heavy atom. The summed E-state index contributed by atoms with van der Waals surface area (Å²) in [5, 5.41) is 11.5. The normalized spacial score (nSPS) is 14.7. The van der Waals surface area contributed by atoms with E-state index >= 15 is 0 Å². The van der Waals surface area contributed by atoms with E-state index in [4.69, 9.17) is 5.11 Å². The number of aliphatic hydroxyl groups is 1. The second-order valence-corrected chi connectivity index (χ2v) is 6.93. The van der Waals surface area contributed by atoms with Gasteiger partial charge >= 0.3 is 0 Å². The monoisotopic (exact) mass is 423 g/mol. The zero-order valence-corrected chi connectivity index (χ0v) is 16.2. The molecular formula is C20H17N5O6. The first-order valence-electron chi connectivity index (χ1n) is 9.52. The summed E-state index contributed by atoms with van der Waals surface area (Å²) in [4.78, 5) is 72.4. The Hall–Kier alpha value is -3.99. The minimum atomic E-state index is -0.511. The fourth-order valence-corrected chi connectivity index (χ4v) is 3.33. The largest absolute Gasteiger partial charge is 0.396 e. The van der Waals surface area contributed by atoms with E-state index in [-0.39, 0.29) is 47.6 Å². The second-order valence-electron chi connectivity index (χ2n) is 6.93. The van der Waals surface area contributed by atoms with Gasteiger partial charge in [-0.3, -0.25) is 24.0 Å². The molecule has 0 unspecified atom stereocenters. The van der Waals surface area contributed by atoms with Gasteiger partial charge in [0.1, 0.15) is 29.3 Å². The molecule has 4 rings (SSSR count). The van der Waals surface area contributed by atoms with Crippen LogP contribution in [0.5, 0.6) is 0 Å². The second kappa shape index (κ2) is 8.03. The Bertz CT molecular complexity index is 1160. The summed E-state index contributed by atoms with van der Waals surface area (Å²) in [6, 6.07) is 0. The lowest BCUT2D eigenvalue weighted by Gasteiger charge is -2.11. The van der Waals surface area contributed by atoms with Gasteiger partial charge in [-0.1, -0.05) is 0 Å². The van der Waals surface area contributed by atoms with Crippen molar-refractivity contribution < 1.29 is 29.1 Å². The molecule has 2 heterocycles. The number of imidazole rings is 2. The van der Waals surface area contributed by atoms with E-state index in [0.29, 0.717) is 19.4 Å². The topological polar surface area (TPSA) is 164 Å². The first-order chi connectivity index (χ1) is 14.9. The number of carbonyl (C=O) groups excluding carboxylic acids is 5. The fourth-order valence-electron chi connectivity index (χ4n) is 3.33. The van der Waals surface area contributed by atoms with Crippen molar-refractivity contribution >= 4 is 29.0 Å². The maximum Gasteiger partial charge on any atom is 0.240 e. The number of aliphatic hydroxyl groups excluding tert-OH is 1. The van der Waals surface area contributed by atoms with E-state index in [2.05, 4.69) is 20.3 Å². The average molecular weight is 423 g/mol. The van der Waals surface area contributed by atoms with Crippen molar-refractivity contribution in [3.8, 4) is 11.6 Å². The average Bonchev–Trinajstić information content (AvgIpc) is 3.35. The number of aromatic nitrogens is 4. The summed E-state index contributed by atoms with van der Waals surface area (Å²) in [5.74, 6) is -2.43. The maximum absolute atomic E-state index is 12.5. The Morgan fingerprint density at radius 1 is 0.935 bits per heavy atom. The minimum absolute atomic E-state index is 0.00739. The number of nitrogens with zero attached hydrogens (tertiary/aromatic N) is 3. The molecule has 2 aromatic rings. The third-order valence-corrected chi connectivity index (χ3v) is 4.81. The number of aromatic amines is 1. The summed E-state index contributed by atoms with van der Waals surface area (Å²) in [7, 11) is 0. The predicted molar refractivity (Wildman–Crippen MR) is 105 cm³/mol. The summed E-state index contributed by atoms with van der Waals surface area (Å²) < 4.78 is 1.24. The number of nitrogens with one attached hydrogen (secondary N) is 2. The molecule has 0 radical (unpaired) electrons. The van der Waals surface area contributed by atoms with Crippen molar-refractivity contribution in [2.75, 3.05) is 13.2 Å². The van der Waals surface area contributed by atoms with Crippen LogP contribution in [-0.4, -0.2) is 66.8 Å². The highest BCUT2D eigenvalue weighted by atomic mass is 16.3. The first kappa shape index (κ1) is 20.3. The number of hydrogen-bond donors (Lipinski definition) is 3. The molecular weight excluding hydrogens is 406 g/mol. The molecule has 0 fully saturated rings. The molecule has 2 aliphatic rings. The third-order valence-electron chi connectivity index (χ3n) is 4.81. The van der Waals surface area contributed by atoms with Gasteiger partial charge in [-0.25, -0.2) is 9.97 Å². The molecule has 0 saturated carbocycles. The van der Waals surface area contributed by atoms with Crippen LogP contribution in [0.3, 0.4) is 0 Å². The highest BCUT2D eigenvalue weighted by Crippen LogP contribution is 2.26. The van der Waals surface area contributed by atoms with Gasteiger partial charge in [0.05, 0.1) is 0 Å². The van der Waals surface area contributed by atoms with E-state index < -0.39 is 29.0 Å². The summed E-state index contributed by atoms with van der Waals surface area (Å²) >= 11 is 0. The molecule has 11 heteroatoms. The number of H-pyrrole nitrogens is 1. The number of fused-ring (bicyclic) bond motifs is 2. The molecule has 2 aliphatic carbocycles. The standard InChI is InChI=1S/C20H17N5O6/c26-8-2-1-7-21-14(31)9-25-18-13(30)6-5-12(29)17(18)24-20(25)19-22-15-10(27)3-4-11(28)16(15)23-19/h3-6,26H,1-2,7-9H2,(H,21,31)(H,22,23). The van der Waals surface area contributed by atoms with Gasteiger partial charge in [-0.15, -0.1) is 0 Å². The van der Waals surface area contributed by atoms with E-state index in [1.807, 2.05) is 0 Å². The Labute approximate surface area is 174 Å². The Morgan fingerprint density at radius 2 is 1.61 bits per heavy atom. The zero-order valence-electron chi connectivity index (χ0n) is 16.2. The summed E-state index contributed by atoms with van der Waals surface area (Å²) in [5.41, 5.74) is -0.336. The number of hydrogen-bond acceptors (Lipinski definition) is 8. The Balaban J connectivity index is 1.74. The Kier molecular flexibility index (Phi) is 5.26. The number of rotatable bonds is 7. The highest BCUT2D eigenvalue weighted by Gasteiger charge is 2.32. The lowest BCUT2D eigenvalue weighted by Crippen LogP contribution is -2.30. The van der Waals surface area contributed by atoms with Crippen molar-refractivity contribution in [3.63, 3.8) is 0 Å². The molecule has 0 aromatic carbocycles. The lowest BCUT2D eigenvalue weighted by molar-refractivity contribution is -0.121. The van der Waals surface area contributed by atoms with Gasteiger partial charge in [-0.05, 0) is 37.1 Å². The van der Waals surface area contributed by atoms with Gasteiger partial charge in [0.2, 0.25) is 29.0 Å². The number of ketones is 4. The lowest BCUT2D eigenvalue weighted by atomic mass is 10.1. The van der Waals surface area contributed by atoms with Crippen LogP contribution in [0, 0.1) is 0 Å². The van der Waals surface area contributed by atoms with E-state index in [9.17, 15) is 24.0 Å². The van der Waals surface area contributed by atoms with Crippen molar-refractivity contribution in [1.82, 2.24) is 24.8 Å². The van der Waals surface area contributed by atoms with Crippen molar-refractivity contribution in [2.45, 2.75) is 19.4 Å². The molecule has 2 aromatic heterocycles. The van der Waals surface area contributed by atoms with Gasteiger partial charge in [-0.2, -0.15) is 0 Å². The van der Waals surface area contributed by atoms with E-state index in [1.165, 1.54) is 4.57 Å². The minimum Gasteiger partial charge on any atom is -0.396 e. The molecule has 0 spiro atoms. The predicted octanol–water partition coefficient (Wildman–Crippen LogP) is 0.0323. The summed E-state index contributed by atoms with van der Waals surface area (Å²) in [6.07, 6.45) is 5.49. The van der Waals surface area contributed by atoms with Crippen molar-refractivity contribution in [1.29, 1.82) is 0 Å². The van der Waals surface area contributed by atoms with Crippen LogP contribution in [0.1, 0.15) is 54.8 Å². The quantitative estimate of drug-likeness (QED) is 0.525. The summed E-state index contributed by atoms with van der Waals surface area (Å²) in [6.45, 7) is -0.00920. The third kappa shape index (κ3) is 3.66. The molecule has 158 valence electrons. The molecule has 31 heavy (non-hydrogen) atoms. The SMILES string of the molecule is O=C(Cn1c(-c2nc3c([nH]2)C(=O)C=CC3=O)nc2c1C(=O)C=CC2=O)NCCCCO. The van der Waals surface area contributed by atoms with Crippen LogP contribution in [0.15, 0.2) is 24.3 Å². The van der Waals surface area contributed by atoms with Crippen molar-refractivity contribution in [3.05, 3.63) is 47.1 Å². The number of amides is 1. The molecule has 0 bridgehead atoms. The van der Waals surface area contributed by atoms with Crippen LogP contribution in [0.2, 0.25) is 0 Å². The molecule has 0 aliphatic heterocycles. The van der Waals surface area contributed by atoms with Crippen LogP contribution in [0.25, 0.3) is 11.6 Å². The molecule has 0 saturated heterocycles. The van der Waals surface area contributed by atoms with Gasteiger partial charge < -0.3 is 20.0 Å². The van der Waals surface area contributed by atoms with Gasteiger partial charge in [0, 0.05) is 13.2 Å². The maximum atomic E-state index is 12.5.